The zero-order valence-electron chi connectivity index (χ0n) is 8.66. The van der Waals surface area contributed by atoms with Gasteiger partial charge in [0.1, 0.15) is 0 Å². The summed E-state index contributed by atoms with van der Waals surface area (Å²) in [7, 11) is 2.36. The van der Waals surface area contributed by atoms with E-state index in [1.54, 1.807) is 25.7 Å². The number of piperidine rings is 1. The van der Waals surface area contributed by atoms with E-state index in [4.69, 9.17) is 0 Å². The minimum absolute atomic E-state index is 0.858. The Morgan fingerprint density at radius 1 is 1.31 bits per heavy atom. The summed E-state index contributed by atoms with van der Waals surface area (Å²) >= 11 is 0. The van der Waals surface area contributed by atoms with Crippen molar-refractivity contribution in [2.75, 3.05) is 7.05 Å². The van der Waals surface area contributed by atoms with Gasteiger partial charge in [-0.3, -0.25) is 4.90 Å². The molecule has 72 valence electrons. The van der Waals surface area contributed by atoms with E-state index in [0.29, 0.717) is 0 Å². The van der Waals surface area contributed by atoms with Gasteiger partial charge in [0.15, 0.2) is 0 Å². The van der Waals surface area contributed by atoms with Gasteiger partial charge in [0.25, 0.3) is 0 Å². The molecular formula is C12H19N. The maximum Gasteiger partial charge on any atom is 0.0164 e. The Morgan fingerprint density at radius 2 is 2.15 bits per heavy atom. The minimum atomic E-state index is 0.858. The fraction of sp³-hybridized carbons (Fsp3) is 1.00. The van der Waals surface area contributed by atoms with Crippen molar-refractivity contribution in [1.82, 2.24) is 4.90 Å². The lowest BCUT2D eigenvalue weighted by molar-refractivity contribution is 0.169. The van der Waals surface area contributed by atoms with Crippen molar-refractivity contribution < 1.29 is 0 Å². The van der Waals surface area contributed by atoms with Gasteiger partial charge < -0.3 is 0 Å². The van der Waals surface area contributed by atoms with Crippen molar-refractivity contribution in [3.05, 3.63) is 0 Å². The molecule has 2 bridgehead atoms. The third kappa shape index (κ3) is 0.562. The molecule has 1 aliphatic heterocycles. The standard InChI is InChI=1S/C12H19N/c1-7-11-8-3-4-9(5-8)12(11)6-10(12)13(7)2/h7-11H,3-6H2,1-2H3. The summed E-state index contributed by atoms with van der Waals surface area (Å²) < 4.78 is 0. The minimum Gasteiger partial charge on any atom is -0.300 e. The van der Waals surface area contributed by atoms with Crippen molar-refractivity contribution in [2.45, 2.75) is 44.7 Å². The largest absolute Gasteiger partial charge is 0.300 e. The van der Waals surface area contributed by atoms with Crippen LogP contribution >= 0.6 is 0 Å². The fourth-order valence-electron chi connectivity index (χ4n) is 5.52. The molecular weight excluding hydrogens is 158 g/mol. The van der Waals surface area contributed by atoms with Gasteiger partial charge in [0.2, 0.25) is 0 Å². The second-order valence-electron chi connectivity index (χ2n) is 6.03. The van der Waals surface area contributed by atoms with Gasteiger partial charge in [-0.2, -0.15) is 0 Å². The van der Waals surface area contributed by atoms with Crippen LogP contribution in [-0.2, 0) is 0 Å². The van der Waals surface area contributed by atoms with Crippen molar-refractivity contribution in [3.63, 3.8) is 0 Å². The van der Waals surface area contributed by atoms with Crippen LogP contribution in [0.3, 0.4) is 0 Å². The third-order valence-electron chi connectivity index (χ3n) is 6.02. The molecule has 6 atom stereocenters. The number of likely N-dealkylation sites (tertiary alicyclic amines) is 1. The summed E-state index contributed by atoms with van der Waals surface area (Å²) in [6.45, 7) is 2.47. The van der Waals surface area contributed by atoms with Gasteiger partial charge in [0, 0.05) is 12.1 Å². The summed E-state index contributed by atoms with van der Waals surface area (Å²) in [6, 6.07) is 1.90. The summed E-state index contributed by atoms with van der Waals surface area (Å²) in [5.74, 6) is 3.36. The first-order valence-electron chi connectivity index (χ1n) is 5.97. The number of hydrogen-bond donors (Lipinski definition) is 0. The second-order valence-corrected chi connectivity index (χ2v) is 6.03. The van der Waals surface area contributed by atoms with Crippen LogP contribution in [0.4, 0.5) is 0 Å². The fourth-order valence-corrected chi connectivity index (χ4v) is 5.52. The van der Waals surface area contributed by atoms with E-state index in [1.165, 1.54) is 0 Å². The van der Waals surface area contributed by atoms with Gasteiger partial charge in [0.05, 0.1) is 0 Å². The summed E-state index contributed by atoms with van der Waals surface area (Å²) in [6.07, 6.45) is 6.28. The molecule has 1 heteroatoms. The van der Waals surface area contributed by atoms with E-state index in [1.807, 2.05) is 0 Å². The molecule has 0 amide bonds. The quantitative estimate of drug-likeness (QED) is 0.548. The summed E-state index contributed by atoms with van der Waals surface area (Å²) in [5, 5.41) is 0. The van der Waals surface area contributed by atoms with Crippen molar-refractivity contribution >= 4 is 0 Å². The number of nitrogens with zero attached hydrogens (tertiary/aromatic N) is 1. The Labute approximate surface area is 80.5 Å². The molecule has 0 aromatic carbocycles. The van der Waals surface area contributed by atoms with Gasteiger partial charge in [-0.15, -0.1) is 0 Å². The molecule has 4 fully saturated rings. The SMILES string of the molecule is CC1C2C3CCC(C3)C23CC3N1C. The first-order chi connectivity index (χ1) is 6.25. The molecule has 1 spiro atoms. The summed E-state index contributed by atoms with van der Waals surface area (Å²) in [4.78, 5) is 2.69. The van der Waals surface area contributed by atoms with Crippen molar-refractivity contribution in [2.24, 2.45) is 23.2 Å². The van der Waals surface area contributed by atoms with E-state index >= 15 is 0 Å². The lowest BCUT2D eigenvalue weighted by Gasteiger charge is -2.32. The molecule has 3 saturated carbocycles. The summed E-state index contributed by atoms with van der Waals surface area (Å²) in [5.41, 5.74) is 0.858. The lowest BCUT2D eigenvalue weighted by Crippen LogP contribution is -2.34. The Kier molecular flexibility index (Phi) is 1.03. The molecule has 0 aromatic rings. The number of hydrogen-bond acceptors (Lipinski definition) is 1. The Balaban J connectivity index is 1.82. The van der Waals surface area contributed by atoms with Crippen LogP contribution in [0.5, 0.6) is 0 Å². The van der Waals surface area contributed by atoms with Gasteiger partial charge in [-0.05, 0) is 62.8 Å². The van der Waals surface area contributed by atoms with Crippen LogP contribution in [0.2, 0.25) is 0 Å². The smallest absolute Gasteiger partial charge is 0.0164 e. The van der Waals surface area contributed by atoms with E-state index in [9.17, 15) is 0 Å². The first kappa shape index (κ1) is 7.28. The number of rotatable bonds is 0. The molecule has 1 nitrogen and oxygen atoms in total. The molecule has 13 heavy (non-hydrogen) atoms. The molecule has 3 aliphatic carbocycles. The van der Waals surface area contributed by atoms with Crippen molar-refractivity contribution in [1.29, 1.82) is 0 Å². The predicted octanol–water partition coefficient (Wildman–Crippen LogP) is 2.13. The molecule has 4 aliphatic rings. The Hall–Kier alpha value is -0.0400. The molecule has 0 N–H and O–H groups in total. The van der Waals surface area contributed by atoms with Crippen LogP contribution in [0.1, 0.15) is 32.6 Å². The Bertz CT molecular complexity index is 270. The maximum atomic E-state index is 2.69. The van der Waals surface area contributed by atoms with Crippen LogP contribution in [-0.4, -0.2) is 24.0 Å². The van der Waals surface area contributed by atoms with Crippen LogP contribution in [0.15, 0.2) is 0 Å². The highest BCUT2D eigenvalue weighted by atomic mass is 15.3. The monoisotopic (exact) mass is 177 g/mol. The molecule has 1 saturated heterocycles. The van der Waals surface area contributed by atoms with Crippen LogP contribution < -0.4 is 0 Å². The zero-order valence-corrected chi connectivity index (χ0v) is 8.66. The first-order valence-corrected chi connectivity index (χ1v) is 5.97. The average Bonchev–Trinajstić information content (AvgIpc) is 2.48. The van der Waals surface area contributed by atoms with Crippen LogP contribution in [0, 0.1) is 23.2 Å². The topological polar surface area (TPSA) is 3.24 Å². The Morgan fingerprint density at radius 3 is 2.92 bits per heavy atom. The van der Waals surface area contributed by atoms with E-state index in [2.05, 4.69) is 18.9 Å². The average molecular weight is 177 g/mol. The van der Waals surface area contributed by atoms with E-state index < -0.39 is 0 Å². The van der Waals surface area contributed by atoms with E-state index in [-0.39, 0.29) is 0 Å². The predicted molar refractivity (Wildman–Crippen MR) is 52.4 cm³/mol. The molecule has 0 aromatic heterocycles. The van der Waals surface area contributed by atoms with Gasteiger partial charge in [-0.25, -0.2) is 0 Å². The van der Waals surface area contributed by atoms with Gasteiger partial charge >= 0.3 is 0 Å². The molecule has 6 unspecified atom stereocenters. The lowest BCUT2D eigenvalue weighted by atomic mass is 9.75. The third-order valence-corrected chi connectivity index (χ3v) is 6.02. The highest BCUT2D eigenvalue weighted by Gasteiger charge is 2.76. The van der Waals surface area contributed by atoms with E-state index in [0.717, 1.165) is 35.3 Å². The molecule has 1 heterocycles. The van der Waals surface area contributed by atoms with Gasteiger partial charge in [-0.1, -0.05) is 0 Å². The second kappa shape index (κ2) is 1.84. The maximum absolute atomic E-state index is 2.69. The van der Waals surface area contributed by atoms with Crippen LogP contribution in [0.25, 0.3) is 0 Å². The molecule has 0 radical (unpaired) electrons. The zero-order chi connectivity index (χ0) is 8.79. The number of fused-ring (bicyclic) bond motifs is 3. The normalized spacial score (nSPS) is 68.3. The highest BCUT2D eigenvalue weighted by Crippen LogP contribution is 2.77. The highest BCUT2D eigenvalue weighted by molar-refractivity contribution is 5.27. The van der Waals surface area contributed by atoms with Crippen molar-refractivity contribution in [3.8, 4) is 0 Å². The molecule has 4 rings (SSSR count).